The topological polar surface area (TPSA) is 75.4 Å². The van der Waals surface area contributed by atoms with E-state index in [1.54, 1.807) is 0 Å². The van der Waals surface area contributed by atoms with Crippen molar-refractivity contribution in [3.8, 4) is 0 Å². The molecule has 1 saturated heterocycles. The van der Waals surface area contributed by atoms with Crippen molar-refractivity contribution in [2.24, 2.45) is 11.1 Å². The van der Waals surface area contributed by atoms with E-state index in [2.05, 4.69) is 17.3 Å². The molecule has 0 saturated carbocycles. The summed E-state index contributed by atoms with van der Waals surface area (Å²) in [6, 6.07) is 3.69. The molecule has 118 valence electrons. The van der Waals surface area contributed by atoms with Gasteiger partial charge in [0.15, 0.2) is 0 Å². The fourth-order valence-corrected chi connectivity index (χ4v) is 3.10. The number of nitrogens with two attached hydrogens (primary N) is 1. The summed E-state index contributed by atoms with van der Waals surface area (Å²) in [4.78, 5) is 2.11. The van der Waals surface area contributed by atoms with E-state index in [9.17, 15) is 12.8 Å². The molecule has 1 heterocycles. The van der Waals surface area contributed by atoms with Gasteiger partial charge in [-0.05, 0) is 63.5 Å². The second-order valence-corrected chi connectivity index (χ2v) is 7.21. The average molecular weight is 315 g/mol. The van der Waals surface area contributed by atoms with Gasteiger partial charge < -0.3 is 10.2 Å². The molecule has 7 heteroatoms. The fraction of sp³-hybridized carbons (Fsp3) is 0.571. The van der Waals surface area contributed by atoms with Gasteiger partial charge in [-0.15, -0.1) is 0 Å². The van der Waals surface area contributed by atoms with Gasteiger partial charge in [0, 0.05) is 6.54 Å². The smallest absolute Gasteiger partial charge is 0.238 e. The van der Waals surface area contributed by atoms with Crippen molar-refractivity contribution in [2.45, 2.75) is 24.2 Å². The summed E-state index contributed by atoms with van der Waals surface area (Å²) in [5.74, 6) is 0.0744. The molecule has 0 aliphatic carbocycles. The minimum Gasteiger partial charge on any atom is -0.383 e. The van der Waals surface area contributed by atoms with Crippen molar-refractivity contribution in [3.63, 3.8) is 0 Å². The maximum Gasteiger partial charge on any atom is 0.238 e. The SMILES string of the molecule is CN1CCC(CCNc2ccc(S(N)(=O)=O)cc2F)CC1. The van der Waals surface area contributed by atoms with Crippen LogP contribution in [0.15, 0.2) is 23.1 Å². The molecule has 21 heavy (non-hydrogen) atoms. The number of rotatable bonds is 5. The summed E-state index contributed by atoms with van der Waals surface area (Å²) in [6.45, 7) is 2.91. The Kier molecular flexibility index (Phi) is 5.18. The van der Waals surface area contributed by atoms with Crippen LogP contribution in [0.1, 0.15) is 19.3 Å². The van der Waals surface area contributed by atoms with Crippen molar-refractivity contribution in [3.05, 3.63) is 24.0 Å². The molecule has 1 aliphatic heterocycles. The molecule has 0 amide bonds. The molecule has 0 atom stereocenters. The molecule has 1 aromatic rings. The van der Waals surface area contributed by atoms with Gasteiger partial charge in [-0.2, -0.15) is 0 Å². The molecule has 0 spiro atoms. The van der Waals surface area contributed by atoms with Gasteiger partial charge in [-0.3, -0.25) is 0 Å². The second kappa shape index (κ2) is 6.72. The van der Waals surface area contributed by atoms with Gasteiger partial charge in [-0.25, -0.2) is 17.9 Å². The van der Waals surface area contributed by atoms with Crippen LogP contribution < -0.4 is 10.5 Å². The summed E-state index contributed by atoms with van der Waals surface area (Å²) in [5, 5.41) is 7.99. The summed E-state index contributed by atoms with van der Waals surface area (Å²) in [7, 11) is -1.74. The Hall–Kier alpha value is -1.18. The Morgan fingerprint density at radius 1 is 1.38 bits per heavy atom. The molecule has 5 nitrogen and oxygen atoms in total. The van der Waals surface area contributed by atoms with Crippen LogP contribution in [0.4, 0.5) is 10.1 Å². The van der Waals surface area contributed by atoms with Gasteiger partial charge in [0.2, 0.25) is 10.0 Å². The predicted octanol–water partition coefficient (Wildman–Crippen LogP) is 1.62. The maximum absolute atomic E-state index is 13.8. The van der Waals surface area contributed by atoms with E-state index in [0.29, 0.717) is 18.2 Å². The lowest BCUT2D eigenvalue weighted by atomic mass is 9.94. The number of sulfonamides is 1. The van der Waals surface area contributed by atoms with Gasteiger partial charge in [-0.1, -0.05) is 0 Å². The lowest BCUT2D eigenvalue weighted by molar-refractivity contribution is 0.215. The number of anilines is 1. The van der Waals surface area contributed by atoms with Crippen LogP contribution in [0.25, 0.3) is 0 Å². The molecular weight excluding hydrogens is 293 g/mol. The quantitative estimate of drug-likeness (QED) is 0.866. The van der Waals surface area contributed by atoms with Crippen LogP contribution in [-0.4, -0.2) is 40.0 Å². The van der Waals surface area contributed by atoms with Crippen LogP contribution >= 0.6 is 0 Å². The highest BCUT2D eigenvalue weighted by Gasteiger charge is 2.16. The Morgan fingerprint density at radius 3 is 2.62 bits per heavy atom. The summed E-state index contributed by atoms with van der Waals surface area (Å²) in [5.41, 5.74) is 0.315. The van der Waals surface area contributed by atoms with Crippen LogP contribution in [-0.2, 0) is 10.0 Å². The van der Waals surface area contributed by atoms with Gasteiger partial charge in [0.25, 0.3) is 0 Å². The zero-order chi connectivity index (χ0) is 15.5. The Bertz CT molecular complexity index is 584. The molecule has 0 unspecified atom stereocenters. The third-order valence-electron chi connectivity index (χ3n) is 3.98. The fourth-order valence-electron chi connectivity index (χ4n) is 2.58. The Balaban J connectivity index is 1.86. The zero-order valence-corrected chi connectivity index (χ0v) is 13.0. The Morgan fingerprint density at radius 2 is 2.05 bits per heavy atom. The summed E-state index contributed by atoms with van der Waals surface area (Å²) < 4.78 is 36.1. The third kappa shape index (κ3) is 4.66. The van der Waals surface area contributed by atoms with E-state index in [1.807, 2.05) is 0 Å². The maximum atomic E-state index is 13.8. The largest absolute Gasteiger partial charge is 0.383 e. The van der Waals surface area contributed by atoms with Gasteiger partial charge in [0.05, 0.1) is 10.6 Å². The summed E-state index contributed by atoms with van der Waals surface area (Å²) >= 11 is 0. The monoisotopic (exact) mass is 315 g/mol. The highest BCUT2D eigenvalue weighted by atomic mass is 32.2. The first kappa shape index (κ1) is 16.2. The number of likely N-dealkylation sites (tertiary alicyclic amines) is 1. The van der Waals surface area contributed by atoms with Crippen molar-refractivity contribution < 1.29 is 12.8 Å². The standard InChI is InChI=1S/C14H22FN3O2S/c1-18-8-5-11(6-9-18)4-7-17-14-3-2-12(10-13(14)15)21(16,19)20/h2-3,10-11,17H,4-9H2,1H3,(H2,16,19,20). The molecule has 0 aromatic heterocycles. The number of piperidine rings is 1. The summed E-state index contributed by atoms with van der Waals surface area (Å²) in [6.07, 6.45) is 3.33. The number of hydrogen-bond acceptors (Lipinski definition) is 4. The van der Waals surface area contributed by atoms with Crippen molar-refractivity contribution in [1.82, 2.24) is 4.90 Å². The number of benzene rings is 1. The van der Waals surface area contributed by atoms with E-state index >= 15 is 0 Å². The van der Waals surface area contributed by atoms with Crippen LogP contribution in [0.2, 0.25) is 0 Å². The minimum absolute atomic E-state index is 0.208. The normalized spacial score (nSPS) is 17.9. The number of nitrogens with zero attached hydrogens (tertiary/aromatic N) is 1. The molecule has 1 fully saturated rings. The molecule has 0 bridgehead atoms. The first-order chi connectivity index (χ1) is 9.86. The number of halogens is 1. The van der Waals surface area contributed by atoms with Crippen molar-refractivity contribution >= 4 is 15.7 Å². The van der Waals surface area contributed by atoms with E-state index in [-0.39, 0.29) is 4.90 Å². The highest BCUT2D eigenvalue weighted by molar-refractivity contribution is 7.89. The number of primary sulfonamides is 1. The first-order valence-corrected chi connectivity index (χ1v) is 8.65. The molecule has 1 aromatic carbocycles. The molecule has 0 radical (unpaired) electrons. The van der Waals surface area contributed by atoms with E-state index in [1.165, 1.54) is 25.0 Å². The lowest BCUT2D eigenvalue weighted by Crippen LogP contribution is -2.30. The van der Waals surface area contributed by atoms with Gasteiger partial charge in [0.1, 0.15) is 5.82 Å². The second-order valence-electron chi connectivity index (χ2n) is 5.65. The van der Waals surface area contributed by atoms with Crippen molar-refractivity contribution in [2.75, 3.05) is 32.0 Å². The van der Waals surface area contributed by atoms with Crippen LogP contribution in [0.5, 0.6) is 0 Å². The highest BCUT2D eigenvalue weighted by Crippen LogP contribution is 2.21. The zero-order valence-electron chi connectivity index (χ0n) is 12.2. The molecular formula is C14H22FN3O2S. The average Bonchev–Trinajstić information content (AvgIpc) is 2.41. The first-order valence-electron chi connectivity index (χ1n) is 7.11. The molecule has 2 rings (SSSR count). The van der Waals surface area contributed by atoms with Gasteiger partial charge >= 0.3 is 0 Å². The van der Waals surface area contributed by atoms with E-state index in [4.69, 9.17) is 5.14 Å². The van der Waals surface area contributed by atoms with Crippen LogP contribution in [0.3, 0.4) is 0 Å². The minimum atomic E-state index is -3.86. The number of nitrogens with one attached hydrogen (secondary N) is 1. The predicted molar refractivity (Wildman–Crippen MR) is 81.1 cm³/mol. The molecule has 3 N–H and O–H groups in total. The van der Waals surface area contributed by atoms with Crippen LogP contribution in [0, 0.1) is 11.7 Å². The lowest BCUT2D eigenvalue weighted by Gasteiger charge is -2.29. The van der Waals surface area contributed by atoms with E-state index in [0.717, 1.165) is 25.6 Å². The third-order valence-corrected chi connectivity index (χ3v) is 4.89. The Labute approximate surface area is 125 Å². The van der Waals surface area contributed by atoms with E-state index < -0.39 is 15.8 Å². The number of hydrogen-bond donors (Lipinski definition) is 2. The van der Waals surface area contributed by atoms with Crippen molar-refractivity contribution in [1.29, 1.82) is 0 Å². The molecule has 1 aliphatic rings.